The molecular formula is C11H11NO2. The average molecular weight is 189 g/mol. The van der Waals surface area contributed by atoms with Crippen molar-refractivity contribution < 1.29 is 9.52 Å². The van der Waals surface area contributed by atoms with Crippen molar-refractivity contribution in [1.82, 2.24) is 4.98 Å². The Labute approximate surface area is 82.0 Å². The van der Waals surface area contributed by atoms with E-state index in [1.807, 2.05) is 30.3 Å². The van der Waals surface area contributed by atoms with Crippen LogP contribution >= 0.6 is 0 Å². The zero-order valence-corrected chi connectivity index (χ0v) is 7.90. The molecule has 0 amide bonds. The average Bonchev–Trinajstić information content (AvgIpc) is 2.61. The summed E-state index contributed by atoms with van der Waals surface area (Å²) in [7, 11) is 0. The molecule has 72 valence electrons. The van der Waals surface area contributed by atoms with Gasteiger partial charge in [0.2, 0.25) is 0 Å². The number of aliphatic hydroxyl groups excluding tert-OH is 1. The summed E-state index contributed by atoms with van der Waals surface area (Å²) < 4.78 is 5.42. The van der Waals surface area contributed by atoms with E-state index in [1.165, 1.54) is 0 Å². The molecule has 14 heavy (non-hydrogen) atoms. The van der Waals surface area contributed by atoms with E-state index in [9.17, 15) is 0 Å². The van der Waals surface area contributed by atoms with Gasteiger partial charge in [-0.1, -0.05) is 30.3 Å². The molecule has 1 N–H and O–H groups in total. The second-order valence-corrected chi connectivity index (χ2v) is 3.03. The summed E-state index contributed by atoms with van der Waals surface area (Å²) in [5.74, 6) is 1.23. The zero-order chi connectivity index (χ0) is 9.97. The number of aryl methyl sites for hydroxylation is 1. The maximum atomic E-state index is 9.07. The van der Waals surface area contributed by atoms with Gasteiger partial charge in [-0.05, 0) is 0 Å². The van der Waals surface area contributed by atoms with Crippen LogP contribution in [-0.2, 0) is 6.61 Å². The predicted molar refractivity (Wildman–Crippen MR) is 52.6 cm³/mol. The summed E-state index contributed by atoms with van der Waals surface area (Å²) in [5.41, 5.74) is 1.53. The Hall–Kier alpha value is -1.61. The third kappa shape index (κ3) is 1.54. The van der Waals surface area contributed by atoms with E-state index in [2.05, 4.69) is 4.98 Å². The first kappa shape index (κ1) is 8.97. The monoisotopic (exact) mass is 189 g/mol. The SMILES string of the molecule is Cc1nc(CO)c(-c2ccccc2)o1. The van der Waals surface area contributed by atoms with Crippen LogP contribution in [0.2, 0.25) is 0 Å². The van der Waals surface area contributed by atoms with Crippen molar-refractivity contribution in [2.45, 2.75) is 13.5 Å². The first-order valence-electron chi connectivity index (χ1n) is 4.44. The number of nitrogens with zero attached hydrogens (tertiary/aromatic N) is 1. The Morgan fingerprint density at radius 2 is 2.00 bits per heavy atom. The lowest BCUT2D eigenvalue weighted by molar-refractivity contribution is 0.277. The Bertz CT molecular complexity index is 420. The molecular weight excluding hydrogens is 178 g/mol. The fraction of sp³-hybridized carbons (Fsp3) is 0.182. The van der Waals surface area contributed by atoms with Gasteiger partial charge >= 0.3 is 0 Å². The van der Waals surface area contributed by atoms with Crippen LogP contribution in [0.5, 0.6) is 0 Å². The van der Waals surface area contributed by atoms with Crippen molar-refractivity contribution in [3.63, 3.8) is 0 Å². The lowest BCUT2D eigenvalue weighted by Gasteiger charge is -1.96. The van der Waals surface area contributed by atoms with Crippen molar-refractivity contribution in [3.05, 3.63) is 41.9 Å². The van der Waals surface area contributed by atoms with E-state index < -0.39 is 0 Å². The van der Waals surface area contributed by atoms with Gasteiger partial charge in [-0.2, -0.15) is 0 Å². The highest BCUT2D eigenvalue weighted by molar-refractivity contribution is 5.59. The minimum atomic E-state index is -0.0957. The van der Waals surface area contributed by atoms with Crippen LogP contribution in [0.4, 0.5) is 0 Å². The molecule has 0 unspecified atom stereocenters. The molecule has 0 fully saturated rings. The molecule has 0 aliphatic rings. The molecule has 0 aliphatic heterocycles. The molecule has 0 saturated carbocycles. The van der Waals surface area contributed by atoms with Gasteiger partial charge in [-0.3, -0.25) is 0 Å². The summed E-state index contributed by atoms with van der Waals surface area (Å²) in [6.07, 6.45) is 0. The van der Waals surface area contributed by atoms with Crippen molar-refractivity contribution in [2.24, 2.45) is 0 Å². The quantitative estimate of drug-likeness (QED) is 0.787. The Balaban J connectivity index is 2.51. The second-order valence-electron chi connectivity index (χ2n) is 3.03. The number of rotatable bonds is 2. The Morgan fingerprint density at radius 3 is 2.64 bits per heavy atom. The molecule has 0 radical (unpaired) electrons. The maximum absolute atomic E-state index is 9.07. The topological polar surface area (TPSA) is 46.3 Å². The summed E-state index contributed by atoms with van der Waals surface area (Å²) >= 11 is 0. The lowest BCUT2D eigenvalue weighted by Crippen LogP contribution is -1.86. The Morgan fingerprint density at radius 1 is 1.29 bits per heavy atom. The van der Waals surface area contributed by atoms with Gasteiger partial charge in [0.15, 0.2) is 11.7 Å². The first-order valence-corrected chi connectivity index (χ1v) is 4.44. The van der Waals surface area contributed by atoms with Gasteiger partial charge in [0, 0.05) is 12.5 Å². The highest BCUT2D eigenvalue weighted by atomic mass is 16.4. The van der Waals surface area contributed by atoms with Crippen molar-refractivity contribution >= 4 is 0 Å². The predicted octanol–water partition coefficient (Wildman–Crippen LogP) is 2.14. The molecule has 3 nitrogen and oxygen atoms in total. The summed E-state index contributed by atoms with van der Waals surface area (Å²) in [4.78, 5) is 4.09. The van der Waals surface area contributed by atoms with Crippen LogP contribution in [0.25, 0.3) is 11.3 Å². The number of hydrogen-bond acceptors (Lipinski definition) is 3. The molecule has 2 aromatic rings. The van der Waals surface area contributed by atoms with E-state index in [1.54, 1.807) is 6.92 Å². The van der Waals surface area contributed by atoms with Crippen LogP contribution in [0.1, 0.15) is 11.6 Å². The molecule has 0 spiro atoms. The summed E-state index contributed by atoms with van der Waals surface area (Å²) in [6.45, 7) is 1.67. The fourth-order valence-corrected chi connectivity index (χ4v) is 1.39. The molecule has 0 saturated heterocycles. The van der Waals surface area contributed by atoms with Crippen LogP contribution in [0, 0.1) is 6.92 Å². The Kier molecular flexibility index (Phi) is 2.33. The van der Waals surface area contributed by atoms with E-state index in [-0.39, 0.29) is 6.61 Å². The number of oxazole rings is 1. The molecule has 1 heterocycles. The molecule has 0 atom stereocenters. The van der Waals surface area contributed by atoms with Gasteiger partial charge in [0.25, 0.3) is 0 Å². The van der Waals surface area contributed by atoms with E-state index in [0.717, 1.165) is 5.56 Å². The third-order valence-corrected chi connectivity index (χ3v) is 1.99. The third-order valence-electron chi connectivity index (χ3n) is 1.99. The number of benzene rings is 1. The zero-order valence-electron chi connectivity index (χ0n) is 7.90. The van der Waals surface area contributed by atoms with Crippen LogP contribution < -0.4 is 0 Å². The van der Waals surface area contributed by atoms with Gasteiger partial charge < -0.3 is 9.52 Å². The van der Waals surface area contributed by atoms with Crippen LogP contribution in [0.15, 0.2) is 34.7 Å². The second kappa shape index (κ2) is 3.64. The van der Waals surface area contributed by atoms with Gasteiger partial charge in [-0.25, -0.2) is 4.98 Å². The molecule has 3 heteroatoms. The van der Waals surface area contributed by atoms with Gasteiger partial charge in [0.1, 0.15) is 5.69 Å². The van der Waals surface area contributed by atoms with E-state index in [4.69, 9.17) is 9.52 Å². The fourth-order valence-electron chi connectivity index (χ4n) is 1.39. The standard InChI is InChI=1S/C11H11NO2/c1-8-12-10(7-13)11(14-8)9-5-3-2-4-6-9/h2-6,13H,7H2,1H3. The van der Waals surface area contributed by atoms with Crippen molar-refractivity contribution in [2.75, 3.05) is 0 Å². The van der Waals surface area contributed by atoms with Crippen molar-refractivity contribution in [3.8, 4) is 11.3 Å². The molecule has 0 aliphatic carbocycles. The molecule has 1 aromatic heterocycles. The molecule has 2 rings (SSSR count). The van der Waals surface area contributed by atoms with Crippen LogP contribution in [-0.4, -0.2) is 10.1 Å². The number of aliphatic hydroxyl groups is 1. The van der Waals surface area contributed by atoms with E-state index >= 15 is 0 Å². The largest absolute Gasteiger partial charge is 0.441 e. The summed E-state index contributed by atoms with van der Waals surface area (Å²) in [6, 6.07) is 9.65. The molecule has 1 aromatic carbocycles. The minimum absolute atomic E-state index is 0.0957. The first-order chi connectivity index (χ1) is 6.81. The highest BCUT2D eigenvalue weighted by Gasteiger charge is 2.11. The van der Waals surface area contributed by atoms with Crippen molar-refractivity contribution in [1.29, 1.82) is 0 Å². The van der Waals surface area contributed by atoms with Gasteiger partial charge in [-0.15, -0.1) is 0 Å². The maximum Gasteiger partial charge on any atom is 0.192 e. The number of hydrogen-bond donors (Lipinski definition) is 1. The number of aromatic nitrogens is 1. The lowest BCUT2D eigenvalue weighted by atomic mass is 10.1. The summed E-state index contributed by atoms with van der Waals surface area (Å²) in [5, 5.41) is 9.07. The normalized spacial score (nSPS) is 10.4. The minimum Gasteiger partial charge on any atom is -0.441 e. The molecule has 0 bridgehead atoms. The smallest absolute Gasteiger partial charge is 0.192 e. The van der Waals surface area contributed by atoms with Crippen LogP contribution in [0.3, 0.4) is 0 Å². The van der Waals surface area contributed by atoms with Gasteiger partial charge in [0.05, 0.1) is 6.61 Å². The highest BCUT2D eigenvalue weighted by Crippen LogP contribution is 2.24. The van der Waals surface area contributed by atoms with E-state index in [0.29, 0.717) is 17.3 Å².